The van der Waals surface area contributed by atoms with Crippen molar-refractivity contribution in [3.63, 3.8) is 0 Å². The van der Waals surface area contributed by atoms with Gasteiger partial charge in [0.15, 0.2) is 11.6 Å². The molecular formula is C27H29F5O. The minimum atomic E-state index is -5.16. The summed E-state index contributed by atoms with van der Waals surface area (Å²) in [5.41, 5.74) is 1.93. The zero-order chi connectivity index (χ0) is 23.6. The Labute approximate surface area is 191 Å². The number of ether oxygens (including phenoxy) is 1. The first-order valence-corrected chi connectivity index (χ1v) is 11.7. The van der Waals surface area contributed by atoms with E-state index in [0.29, 0.717) is 11.5 Å². The molecule has 178 valence electrons. The lowest BCUT2D eigenvalue weighted by molar-refractivity contribution is -0.276. The molecule has 2 aromatic carbocycles. The summed E-state index contributed by atoms with van der Waals surface area (Å²) in [7, 11) is 0. The summed E-state index contributed by atoms with van der Waals surface area (Å²) in [6.45, 7) is 3.84. The fraction of sp³-hybridized carbons (Fsp3) is 0.481. The standard InChI is InChI=1S/C27H29F5O/c1-2-3-4-17-5-6-22-14-21(12-11-20(22)13-17)18-7-9-19(10-8-18)23-15-24(28)26(25(29)16-23)33-27(30,31)32/h2,7-10,15-17,20-22H,1,3-6,11-14H2. The zero-order valence-electron chi connectivity index (χ0n) is 18.5. The SMILES string of the molecule is C=CCCC1CCC2CC(c3ccc(-c4cc(F)c(OC(F)(F)F)c(F)c4)cc3)CCC2C1. The van der Waals surface area contributed by atoms with Gasteiger partial charge in [0.2, 0.25) is 5.75 Å². The van der Waals surface area contributed by atoms with Crippen LogP contribution in [0, 0.1) is 29.4 Å². The quantitative estimate of drug-likeness (QED) is 0.307. The summed E-state index contributed by atoms with van der Waals surface area (Å²) in [6.07, 6.45) is 6.66. The first-order chi connectivity index (χ1) is 15.7. The van der Waals surface area contributed by atoms with Gasteiger partial charge in [-0.3, -0.25) is 0 Å². The average molecular weight is 465 g/mol. The minimum absolute atomic E-state index is 0.174. The molecule has 6 heteroatoms. The Morgan fingerprint density at radius 2 is 1.52 bits per heavy atom. The third-order valence-corrected chi connectivity index (χ3v) is 7.43. The Morgan fingerprint density at radius 3 is 2.15 bits per heavy atom. The highest BCUT2D eigenvalue weighted by Gasteiger charge is 2.36. The molecule has 0 aromatic heterocycles. The van der Waals surface area contributed by atoms with Crippen molar-refractivity contribution < 1.29 is 26.7 Å². The predicted molar refractivity (Wildman–Crippen MR) is 119 cm³/mol. The van der Waals surface area contributed by atoms with Crippen molar-refractivity contribution >= 4 is 0 Å². The van der Waals surface area contributed by atoms with Gasteiger partial charge in [0.05, 0.1) is 0 Å². The molecule has 0 radical (unpaired) electrons. The van der Waals surface area contributed by atoms with Crippen molar-refractivity contribution in [1.82, 2.24) is 0 Å². The van der Waals surface area contributed by atoms with E-state index in [4.69, 9.17) is 0 Å². The van der Waals surface area contributed by atoms with Crippen LogP contribution in [-0.4, -0.2) is 6.36 Å². The molecule has 2 aromatic rings. The van der Waals surface area contributed by atoms with Crippen LogP contribution in [-0.2, 0) is 0 Å². The molecule has 0 aliphatic heterocycles. The third-order valence-electron chi connectivity index (χ3n) is 7.43. The van der Waals surface area contributed by atoms with Crippen LogP contribution < -0.4 is 4.74 Å². The monoisotopic (exact) mass is 464 g/mol. The second-order valence-electron chi connectivity index (χ2n) is 9.51. The van der Waals surface area contributed by atoms with Crippen molar-refractivity contribution in [3.05, 3.63) is 66.3 Å². The molecule has 2 fully saturated rings. The normalized spacial score (nSPS) is 25.4. The molecule has 0 N–H and O–H groups in total. The fourth-order valence-electron chi connectivity index (χ4n) is 5.79. The molecule has 4 atom stereocenters. The van der Waals surface area contributed by atoms with Gasteiger partial charge in [-0.2, -0.15) is 0 Å². The van der Waals surface area contributed by atoms with Gasteiger partial charge in [0, 0.05) is 0 Å². The van der Waals surface area contributed by atoms with E-state index in [1.54, 1.807) is 12.1 Å². The first-order valence-electron chi connectivity index (χ1n) is 11.7. The molecule has 0 amide bonds. The van der Waals surface area contributed by atoms with E-state index in [9.17, 15) is 22.0 Å². The maximum Gasteiger partial charge on any atom is 0.573 e. The van der Waals surface area contributed by atoms with Crippen LogP contribution in [0.5, 0.6) is 5.75 Å². The van der Waals surface area contributed by atoms with E-state index >= 15 is 0 Å². The topological polar surface area (TPSA) is 9.23 Å². The van der Waals surface area contributed by atoms with Crippen LogP contribution in [0.2, 0.25) is 0 Å². The number of halogens is 5. The Kier molecular flexibility index (Phi) is 7.10. The molecule has 0 saturated heterocycles. The van der Waals surface area contributed by atoms with Crippen molar-refractivity contribution in [3.8, 4) is 16.9 Å². The Balaban J connectivity index is 1.42. The molecular weight excluding hydrogens is 435 g/mol. The Hall–Kier alpha value is -2.37. The maximum absolute atomic E-state index is 14.1. The predicted octanol–water partition coefficient (Wildman–Crippen LogP) is 8.80. The van der Waals surface area contributed by atoms with Crippen LogP contribution in [0.1, 0.15) is 62.8 Å². The third kappa shape index (κ3) is 5.77. The lowest BCUT2D eigenvalue weighted by Crippen LogP contribution is -2.30. The molecule has 33 heavy (non-hydrogen) atoms. The van der Waals surface area contributed by atoms with Crippen molar-refractivity contribution in [2.45, 2.75) is 63.6 Å². The van der Waals surface area contributed by atoms with E-state index in [-0.39, 0.29) is 5.56 Å². The molecule has 4 rings (SSSR count). The van der Waals surface area contributed by atoms with Crippen LogP contribution in [0.15, 0.2) is 49.1 Å². The molecule has 2 aliphatic carbocycles. The average Bonchev–Trinajstić information content (AvgIpc) is 2.79. The molecule has 0 heterocycles. The highest BCUT2D eigenvalue weighted by Crippen LogP contribution is 2.48. The summed E-state index contributed by atoms with van der Waals surface area (Å²) < 4.78 is 68.7. The van der Waals surface area contributed by atoms with Crippen LogP contribution in [0.25, 0.3) is 11.1 Å². The van der Waals surface area contributed by atoms with Crippen LogP contribution in [0.4, 0.5) is 22.0 Å². The van der Waals surface area contributed by atoms with E-state index in [1.165, 1.54) is 44.1 Å². The zero-order valence-corrected chi connectivity index (χ0v) is 18.5. The summed E-state index contributed by atoms with van der Waals surface area (Å²) in [4.78, 5) is 0. The second kappa shape index (κ2) is 9.86. The molecule has 0 bridgehead atoms. The summed E-state index contributed by atoms with van der Waals surface area (Å²) in [5, 5.41) is 0. The largest absolute Gasteiger partial charge is 0.573 e. The summed E-state index contributed by atoms with van der Waals surface area (Å²) in [5.74, 6) is -1.32. The number of rotatable bonds is 6. The molecule has 2 aliphatic rings. The highest BCUT2D eigenvalue weighted by atomic mass is 19.4. The van der Waals surface area contributed by atoms with E-state index < -0.39 is 23.7 Å². The first kappa shape index (κ1) is 23.8. The van der Waals surface area contributed by atoms with Gasteiger partial charge in [-0.05, 0) is 97.4 Å². The van der Waals surface area contributed by atoms with Crippen molar-refractivity contribution in [1.29, 1.82) is 0 Å². The number of allylic oxidation sites excluding steroid dienone is 1. The lowest BCUT2D eigenvalue weighted by atomic mass is 9.63. The number of alkyl halides is 3. The summed E-state index contributed by atoms with van der Waals surface area (Å²) in [6, 6.07) is 9.26. The molecule has 4 unspecified atom stereocenters. The van der Waals surface area contributed by atoms with E-state index in [1.807, 2.05) is 18.2 Å². The molecule has 1 nitrogen and oxygen atoms in total. The number of benzene rings is 2. The van der Waals surface area contributed by atoms with Gasteiger partial charge in [0.1, 0.15) is 0 Å². The lowest BCUT2D eigenvalue weighted by Gasteiger charge is -2.42. The van der Waals surface area contributed by atoms with Crippen molar-refractivity contribution in [2.24, 2.45) is 17.8 Å². The number of hydrogen-bond acceptors (Lipinski definition) is 1. The smallest absolute Gasteiger partial charge is 0.399 e. The van der Waals surface area contributed by atoms with Crippen LogP contribution in [0.3, 0.4) is 0 Å². The summed E-state index contributed by atoms with van der Waals surface area (Å²) >= 11 is 0. The van der Waals surface area contributed by atoms with Gasteiger partial charge in [-0.15, -0.1) is 19.8 Å². The van der Waals surface area contributed by atoms with Gasteiger partial charge >= 0.3 is 6.36 Å². The van der Waals surface area contributed by atoms with E-state index in [0.717, 1.165) is 42.7 Å². The van der Waals surface area contributed by atoms with Crippen molar-refractivity contribution in [2.75, 3.05) is 0 Å². The van der Waals surface area contributed by atoms with Crippen LogP contribution >= 0.6 is 0 Å². The maximum atomic E-state index is 14.1. The molecule has 0 spiro atoms. The van der Waals surface area contributed by atoms with E-state index in [2.05, 4.69) is 11.3 Å². The Morgan fingerprint density at radius 1 is 0.879 bits per heavy atom. The van der Waals surface area contributed by atoms with Gasteiger partial charge in [0.25, 0.3) is 0 Å². The van der Waals surface area contributed by atoms with Gasteiger partial charge < -0.3 is 4.74 Å². The number of fused-ring (bicyclic) bond motifs is 1. The fourth-order valence-corrected chi connectivity index (χ4v) is 5.79. The second-order valence-corrected chi connectivity index (χ2v) is 9.51. The minimum Gasteiger partial charge on any atom is -0.399 e. The van der Waals surface area contributed by atoms with Gasteiger partial charge in [-0.25, -0.2) is 8.78 Å². The number of hydrogen-bond donors (Lipinski definition) is 0. The van der Waals surface area contributed by atoms with Gasteiger partial charge in [-0.1, -0.05) is 36.8 Å². The molecule has 2 saturated carbocycles. The highest BCUT2D eigenvalue weighted by molar-refractivity contribution is 5.65. The Bertz CT molecular complexity index is 942.